The number of rotatable bonds is 3. The molecule has 0 aliphatic carbocycles. The van der Waals surface area contributed by atoms with Gasteiger partial charge in [-0.1, -0.05) is 11.6 Å². The molecule has 3 fully saturated rings. The highest BCUT2D eigenvalue weighted by Crippen LogP contribution is 2.41. The zero-order valence-corrected chi connectivity index (χ0v) is 17.2. The average Bonchev–Trinajstić information content (AvgIpc) is 2.71. The van der Waals surface area contributed by atoms with Crippen LogP contribution in [0.4, 0.5) is 0 Å². The van der Waals surface area contributed by atoms with Gasteiger partial charge in [-0.05, 0) is 62.1 Å². The molecular formula is C20H26N2O6S. The molecule has 3 N–H and O–H groups in total. The molecule has 29 heavy (non-hydrogen) atoms. The fourth-order valence-corrected chi connectivity index (χ4v) is 4.34. The zero-order chi connectivity index (χ0) is 21.2. The fourth-order valence-electron chi connectivity index (χ4n) is 4.34. The van der Waals surface area contributed by atoms with Crippen LogP contribution in [-0.2, 0) is 10.4 Å². The quantitative estimate of drug-likeness (QED) is 0.510. The van der Waals surface area contributed by atoms with Gasteiger partial charge in [-0.25, -0.2) is 0 Å². The number of fused-ring (bicyclic) bond motifs is 4. The smallest absolute Gasteiger partial charge is 0.394 e. The van der Waals surface area contributed by atoms with Crippen LogP contribution in [0.1, 0.15) is 31.4 Å². The highest BCUT2D eigenvalue weighted by molar-refractivity contribution is 7.79. The van der Waals surface area contributed by atoms with Crippen molar-refractivity contribution in [2.45, 2.75) is 31.9 Å². The first-order chi connectivity index (χ1) is 13.7. The van der Waals surface area contributed by atoms with E-state index in [0.717, 1.165) is 41.7 Å². The molecule has 5 rings (SSSR count). The minimum absolute atomic E-state index is 0.184. The van der Waals surface area contributed by atoms with Gasteiger partial charge in [-0.3, -0.25) is 19.0 Å². The number of allylic oxidation sites excluding steroid dienone is 1. The van der Waals surface area contributed by atoms with Gasteiger partial charge in [0, 0.05) is 24.2 Å². The summed E-state index contributed by atoms with van der Waals surface area (Å²) in [5.74, 6) is 1.42. The highest BCUT2D eigenvalue weighted by Gasteiger charge is 2.40. The number of pyridine rings is 1. The van der Waals surface area contributed by atoms with Crippen molar-refractivity contribution in [2.24, 2.45) is 5.92 Å². The molecule has 4 heterocycles. The van der Waals surface area contributed by atoms with Crippen LogP contribution in [0.3, 0.4) is 0 Å². The summed E-state index contributed by atoms with van der Waals surface area (Å²) in [7, 11) is -3.00. The van der Waals surface area contributed by atoms with E-state index in [-0.39, 0.29) is 6.04 Å². The van der Waals surface area contributed by atoms with E-state index in [1.54, 1.807) is 13.3 Å². The van der Waals surface area contributed by atoms with Crippen LogP contribution in [0.15, 0.2) is 42.1 Å². The van der Waals surface area contributed by atoms with Crippen molar-refractivity contribution in [2.75, 3.05) is 20.2 Å². The maximum atomic E-state index is 11.2. The molecule has 0 amide bonds. The number of benzene rings is 1. The van der Waals surface area contributed by atoms with Gasteiger partial charge in [-0.15, -0.1) is 0 Å². The largest absolute Gasteiger partial charge is 0.497 e. The van der Waals surface area contributed by atoms with Gasteiger partial charge >= 0.3 is 10.4 Å². The first kappa shape index (κ1) is 21.7. The van der Waals surface area contributed by atoms with Gasteiger partial charge in [0.05, 0.1) is 18.7 Å². The summed E-state index contributed by atoms with van der Waals surface area (Å²) in [6.45, 7) is 4.20. The number of methoxy groups -OCH3 is 1. The predicted octanol–water partition coefficient (Wildman–Crippen LogP) is 2.66. The Bertz CT molecular complexity index is 999. The Kier molecular flexibility index (Phi) is 6.55. The van der Waals surface area contributed by atoms with Crippen LogP contribution in [-0.4, -0.2) is 58.8 Å². The fraction of sp³-hybridized carbons (Fsp3) is 0.450. The number of hydrogen-bond donors (Lipinski definition) is 3. The van der Waals surface area contributed by atoms with E-state index in [4.69, 9.17) is 22.3 Å². The zero-order valence-electron chi connectivity index (χ0n) is 16.4. The lowest BCUT2D eigenvalue weighted by molar-refractivity contribution is -0.00340. The van der Waals surface area contributed by atoms with Crippen molar-refractivity contribution >= 4 is 21.3 Å². The first-order valence-corrected chi connectivity index (χ1v) is 10.8. The lowest BCUT2D eigenvalue weighted by Gasteiger charge is -2.48. The summed E-state index contributed by atoms with van der Waals surface area (Å²) in [4.78, 5) is 6.87. The Morgan fingerprint density at radius 3 is 2.62 bits per heavy atom. The third-order valence-electron chi connectivity index (χ3n) is 5.71. The van der Waals surface area contributed by atoms with Crippen molar-refractivity contribution in [1.82, 2.24) is 9.88 Å². The Labute approximate surface area is 170 Å². The molecule has 4 atom stereocenters. The van der Waals surface area contributed by atoms with Crippen LogP contribution in [0.25, 0.3) is 10.9 Å². The number of nitrogens with zero attached hydrogens (tertiary/aromatic N) is 2. The van der Waals surface area contributed by atoms with Crippen molar-refractivity contribution in [3.63, 3.8) is 0 Å². The van der Waals surface area contributed by atoms with Crippen molar-refractivity contribution in [3.8, 4) is 5.75 Å². The number of piperidine rings is 3. The molecule has 1 unspecified atom stereocenters. The van der Waals surface area contributed by atoms with Crippen molar-refractivity contribution < 1.29 is 27.4 Å². The summed E-state index contributed by atoms with van der Waals surface area (Å²) in [6.07, 6.45) is 5.80. The Morgan fingerprint density at radius 1 is 1.31 bits per heavy atom. The van der Waals surface area contributed by atoms with E-state index in [0.29, 0.717) is 5.92 Å². The third kappa shape index (κ3) is 5.12. The Morgan fingerprint density at radius 2 is 2.03 bits per heavy atom. The van der Waals surface area contributed by atoms with E-state index >= 15 is 0 Å². The van der Waals surface area contributed by atoms with E-state index in [1.165, 1.54) is 12.0 Å². The number of aliphatic hydroxyl groups excluding tert-OH is 1. The second-order valence-electron chi connectivity index (χ2n) is 7.30. The topological polar surface area (TPSA) is 120 Å². The second kappa shape index (κ2) is 8.76. The van der Waals surface area contributed by atoms with E-state index in [2.05, 4.69) is 22.9 Å². The highest BCUT2D eigenvalue weighted by atomic mass is 32.3. The molecule has 8 nitrogen and oxygen atoms in total. The second-order valence-corrected chi connectivity index (χ2v) is 8.19. The first-order valence-electron chi connectivity index (χ1n) is 9.41. The lowest BCUT2D eigenvalue weighted by atomic mass is 9.76. The molecule has 9 heteroatoms. The number of aromatic nitrogens is 1. The van der Waals surface area contributed by atoms with Crippen LogP contribution in [0.5, 0.6) is 5.75 Å². The molecule has 1 aromatic carbocycles. The standard InChI is InChI=1S/C20H24N2O2.H2O4S/c1-3-13-12-22-9-7-14(13)10-19(22)20(23)16-6-8-21-18-5-4-15(24-2)11-17(16)18;1-5(2,3)4/h3-6,8,11,14,19-20,23H,7,9-10,12H2,1-2H3;(H2,1,2,3,4)/b13-3+;/t14-,19-,20+;/m0./s1. The molecule has 3 aliphatic heterocycles. The molecule has 158 valence electrons. The van der Waals surface area contributed by atoms with Crippen LogP contribution >= 0.6 is 0 Å². The van der Waals surface area contributed by atoms with Gasteiger partial charge in [-0.2, -0.15) is 8.42 Å². The molecule has 2 bridgehead atoms. The van der Waals surface area contributed by atoms with E-state index in [1.807, 2.05) is 24.3 Å². The van der Waals surface area contributed by atoms with E-state index in [9.17, 15) is 5.11 Å². The molecule has 1 aromatic heterocycles. The molecule has 0 spiro atoms. The molecule has 0 radical (unpaired) electrons. The van der Waals surface area contributed by atoms with Gasteiger partial charge in [0.2, 0.25) is 0 Å². The Balaban J connectivity index is 0.000000431. The Hall–Kier alpha value is -2.04. The van der Waals surface area contributed by atoms with Crippen molar-refractivity contribution in [3.05, 3.63) is 47.7 Å². The van der Waals surface area contributed by atoms with Gasteiger partial charge < -0.3 is 9.84 Å². The molecule has 0 saturated carbocycles. The SMILES string of the molecule is C/C=C1\CN2CC[C@H]1C[C@H]2[C@H](O)c1ccnc2ccc(OC)cc12.O=S(=O)(O)O. The van der Waals surface area contributed by atoms with Gasteiger partial charge in [0.1, 0.15) is 5.75 Å². The van der Waals surface area contributed by atoms with Gasteiger partial charge in [0.15, 0.2) is 0 Å². The monoisotopic (exact) mass is 422 g/mol. The molecule has 3 saturated heterocycles. The summed E-state index contributed by atoms with van der Waals surface area (Å²) in [5.41, 5.74) is 3.39. The third-order valence-corrected chi connectivity index (χ3v) is 5.71. The summed E-state index contributed by atoms with van der Waals surface area (Å²) in [6, 6.07) is 7.98. The molecule has 2 aromatic rings. The van der Waals surface area contributed by atoms with Crippen LogP contribution in [0.2, 0.25) is 0 Å². The van der Waals surface area contributed by atoms with Crippen molar-refractivity contribution in [1.29, 1.82) is 0 Å². The normalized spacial score (nSPS) is 26.1. The van der Waals surface area contributed by atoms with E-state index < -0.39 is 16.5 Å². The maximum absolute atomic E-state index is 11.2. The summed E-state index contributed by atoms with van der Waals surface area (Å²) in [5, 5.41) is 12.1. The van der Waals surface area contributed by atoms with Gasteiger partial charge in [0.25, 0.3) is 0 Å². The predicted molar refractivity (Wildman–Crippen MR) is 109 cm³/mol. The summed E-state index contributed by atoms with van der Waals surface area (Å²) < 4.78 is 36.9. The lowest BCUT2D eigenvalue weighted by Crippen LogP contribution is -2.52. The summed E-state index contributed by atoms with van der Waals surface area (Å²) >= 11 is 0. The van der Waals surface area contributed by atoms with Crippen LogP contribution < -0.4 is 4.74 Å². The number of aliphatic hydroxyl groups is 1. The number of hydrogen-bond acceptors (Lipinski definition) is 6. The maximum Gasteiger partial charge on any atom is 0.394 e. The molecular weight excluding hydrogens is 396 g/mol. The minimum Gasteiger partial charge on any atom is -0.497 e. The average molecular weight is 423 g/mol. The molecule has 3 aliphatic rings. The minimum atomic E-state index is -4.67. The number of ether oxygens (including phenoxy) is 1. The van der Waals surface area contributed by atoms with Crippen LogP contribution in [0, 0.1) is 5.92 Å².